The fourth-order valence-electron chi connectivity index (χ4n) is 1.92. The highest BCUT2D eigenvalue weighted by Gasteiger charge is 2.26. The number of carbonyl (C=O) groups is 1. The van der Waals surface area contributed by atoms with Gasteiger partial charge in [0.25, 0.3) is 0 Å². The molecule has 1 aliphatic heterocycles. The SMILES string of the molecule is CN(C)C1CCN(C(=O)C(N)CO)CC1. The van der Waals surface area contributed by atoms with Crippen LogP contribution in [0.1, 0.15) is 12.8 Å². The Labute approximate surface area is 90.8 Å². The molecule has 0 spiro atoms. The molecule has 0 aromatic carbocycles. The third kappa shape index (κ3) is 3.15. The predicted molar refractivity (Wildman–Crippen MR) is 58.4 cm³/mol. The summed E-state index contributed by atoms with van der Waals surface area (Å²) < 4.78 is 0. The molecule has 1 heterocycles. The summed E-state index contributed by atoms with van der Waals surface area (Å²) in [6.07, 6.45) is 1.97. The Morgan fingerprint density at radius 3 is 2.47 bits per heavy atom. The number of amides is 1. The summed E-state index contributed by atoms with van der Waals surface area (Å²) in [5, 5.41) is 8.80. The first-order chi connectivity index (χ1) is 7.06. The van der Waals surface area contributed by atoms with Crippen molar-refractivity contribution in [1.29, 1.82) is 0 Å². The Kier molecular flexibility index (Phi) is 4.50. The predicted octanol–water partition coefficient (Wildman–Crippen LogP) is -1.14. The Bertz CT molecular complexity index is 213. The Balaban J connectivity index is 2.40. The van der Waals surface area contributed by atoms with E-state index in [0.29, 0.717) is 6.04 Å². The molecule has 5 nitrogen and oxygen atoms in total. The van der Waals surface area contributed by atoms with E-state index in [0.717, 1.165) is 25.9 Å². The Morgan fingerprint density at radius 2 is 2.07 bits per heavy atom. The molecule has 1 aliphatic rings. The molecule has 0 aliphatic carbocycles. The van der Waals surface area contributed by atoms with Crippen LogP contribution in [-0.4, -0.2) is 66.7 Å². The summed E-state index contributed by atoms with van der Waals surface area (Å²) in [6, 6.07) is -0.194. The van der Waals surface area contributed by atoms with E-state index in [1.54, 1.807) is 4.90 Å². The smallest absolute Gasteiger partial charge is 0.241 e. The van der Waals surface area contributed by atoms with Crippen LogP contribution in [0.4, 0.5) is 0 Å². The Morgan fingerprint density at radius 1 is 1.53 bits per heavy atom. The van der Waals surface area contributed by atoms with Crippen LogP contribution in [0.2, 0.25) is 0 Å². The summed E-state index contributed by atoms with van der Waals surface area (Å²) in [6.45, 7) is 1.22. The highest BCUT2D eigenvalue weighted by molar-refractivity contribution is 5.81. The van der Waals surface area contributed by atoms with Gasteiger partial charge in [-0.2, -0.15) is 0 Å². The normalized spacial score (nSPS) is 20.7. The molecule has 0 bridgehead atoms. The third-order valence-electron chi connectivity index (χ3n) is 3.02. The topological polar surface area (TPSA) is 69.8 Å². The zero-order valence-electron chi connectivity index (χ0n) is 9.52. The van der Waals surface area contributed by atoms with Gasteiger partial charge in [0.05, 0.1) is 6.61 Å². The second-order valence-electron chi connectivity index (χ2n) is 4.31. The molecule has 5 heteroatoms. The maximum absolute atomic E-state index is 11.6. The van der Waals surface area contributed by atoms with Crippen LogP contribution in [0.3, 0.4) is 0 Å². The minimum absolute atomic E-state index is 0.130. The van der Waals surface area contributed by atoms with Gasteiger partial charge in [0, 0.05) is 19.1 Å². The third-order valence-corrected chi connectivity index (χ3v) is 3.02. The van der Waals surface area contributed by atoms with Crippen molar-refractivity contribution in [2.24, 2.45) is 5.73 Å². The zero-order valence-corrected chi connectivity index (χ0v) is 9.52. The van der Waals surface area contributed by atoms with Crippen LogP contribution in [0.25, 0.3) is 0 Å². The van der Waals surface area contributed by atoms with Gasteiger partial charge < -0.3 is 20.6 Å². The van der Waals surface area contributed by atoms with E-state index in [9.17, 15) is 4.79 Å². The van der Waals surface area contributed by atoms with Gasteiger partial charge in [-0.15, -0.1) is 0 Å². The lowest BCUT2D eigenvalue weighted by Crippen LogP contribution is -2.51. The molecule has 1 fully saturated rings. The van der Waals surface area contributed by atoms with E-state index >= 15 is 0 Å². The van der Waals surface area contributed by atoms with Crippen molar-refractivity contribution >= 4 is 5.91 Å². The number of piperidine rings is 1. The van der Waals surface area contributed by atoms with Crippen molar-refractivity contribution in [3.63, 3.8) is 0 Å². The lowest BCUT2D eigenvalue weighted by Gasteiger charge is -2.36. The van der Waals surface area contributed by atoms with Gasteiger partial charge >= 0.3 is 0 Å². The van der Waals surface area contributed by atoms with E-state index in [2.05, 4.69) is 19.0 Å². The number of likely N-dealkylation sites (tertiary alicyclic amines) is 1. The molecule has 3 N–H and O–H groups in total. The largest absolute Gasteiger partial charge is 0.394 e. The average molecular weight is 215 g/mol. The van der Waals surface area contributed by atoms with Gasteiger partial charge in [-0.05, 0) is 26.9 Å². The van der Waals surface area contributed by atoms with Gasteiger partial charge in [0.15, 0.2) is 0 Å². The average Bonchev–Trinajstić information content (AvgIpc) is 2.27. The van der Waals surface area contributed by atoms with Gasteiger partial charge in [0.2, 0.25) is 5.91 Å². The maximum Gasteiger partial charge on any atom is 0.241 e. The molecule has 0 aromatic heterocycles. The van der Waals surface area contributed by atoms with Gasteiger partial charge in [-0.25, -0.2) is 0 Å². The van der Waals surface area contributed by atoms with Crippen molar-refractivity contribution in [2.75, 3.05) is 33.8 Å². The monoisotopic (exact) mass is 215 g/mol. The molecule has 1 unspecified atom stereocenters. The van der Waals surface area contributed by atoms with E-state index < -0.39 is 6.04 Å². The molecule has 1 rings (SSSR count). The summed E-state index contributed by atoms with van der Waals surface area (Å²) in [5.74, 6) is -0.130. The molecule has 1 amide bonds. The summed E-state index contributed by atoms with van der Waals surface area (Å²) in [5.41, 5.74) is 5.49. The van der Waals surface area contributed by atoms with Crippen LogP contribution in [0.5, 0.6) is 0 Å². The van der Waals surface area contributed by atoms with Crippen LogP contribution in [0.15, 0.2) is 0 Å². The second kappa shape index (κ2) is 5.44. The van der Waals surface area contributed by atoms with E-state index in [4.69, 9.17) is 10.8 Å². The summed E-state index contributed by atoms with van der Waals surface area (Å²) >= 11 is 0. The van der Waals surface area contributed by atoms with Crippen molar-refractivity contribution < 1.29 is 9.90 Å². The standard InChI is InChI=1S/C10H21N3O2/c1-12(2)8-3-5-13(6-4-8)10(15)9(11)7-14/h8-9,14H,3-7,11H2,1-2H3. The maximum atomic E-state index is 11.6. The quantitative estimate of drug-likeness (QED) is 0.624. The number of nitrogens with two attached hydrogens (primary N) is 1. The molecular formula is C10H21N3O2. The van der Waals surface area contributed by atoms with E-state index in [-0.39, 0.29) is 12.5 Å². The lowest BCUT2D eigenvalue weighted by molar-refractivity contribution is -0.134. The van der Waals surface area contributed by atoms with Gasteiger partial charge in [-0.1, -0.05) is 0 Å². The van der Waals surface area contributed by atoms with Crippen LogP contribution >= 0.6 is 0 Å². The van der Waals surface area contributed by atoms with Crippen molar-refractivity contribution in [1.82, 2.24) is 9.80 Å². The first kappa shape index (κ1) is 12.4. The number of carbonyl (C=O) groups excluding carboxylic acids is 1. The molecule has 0 saturated carbocycles. The number of aliphatic hydroxyl groups excluding tert-OH is 1. The second-order valence-corrected chi connectivity index (χ2v) is 4.31. The molecule has 1 atom stereocenters. The summed E-state index contributed by atoms with van der Waals surface area (Å²) in [4.78, 5) is 15.6. The van der Waals surface area contributed by atoms with Crippen LogP contribution < -0.4 is 5.73 Å². The fourth-order valence-corrected chi connectivity index (χ4v) is 1.92. The fraction of sp³-hybridized carbons (Fsp3) is 0.900. The molecule has 1 saturated heterocycles. The minimum Gasteiger partial charge on any atom is -0.394 e. The number of rotatable bonds is 3. The van der Waals surface area contributed by atoms with E-state index in [1.165, 1.54) is 0 Å². The minimum atomic E-state index is -0.749. The van der Waals surface area contributed by atoms with Crippen LogP contribution in [0, 0.1) is 0 Å². The molecule has 15 heavy (non-hydrogen) atoms. The van der Waals surface area contributed by atoms with Crippen LogP contribution in [-0.2, 0) is 4.79 Å². The lowest BCUT2D eigenvalue weighted by atomic mass is 10.0. The van der Waals surface area contributed by atoms with Gasteiger partial charge in [-0.3, -0.25) is 4.79 Å². The number of hydrogen-bond acceptors (Lipinski definition) is 4. The number of aliphatic hydroxyl groups is 1. The van der Waals surface area contributed by atoms with Crippen molar-refractivity contribution in [3.8, 4) is 0 Å². The molecule has 0 aromatic rings. The number of hydrogen-bond donors (Lipinski definition) is 2. The Hall–Kier alpha value is -0.650. The molecule has 0 radical (unpaired) electrons. The zero-order chi connectivity index (χ0) is 11.4. The van der Waals surface area contributed by atoms with Gasteiger partial charge in [0.1, 0.15) is 6.04 Å². The van der Waals surface area contributed by atoms with Crippen molar-refractivity contribution in [3.05, 3.63) is 0 Å². The first-order valence-corrected chi connectivity index (χ1v) is 5.38. The highest BCUT2D eigenvalue weighted by atomic mass is 16.3. The summed E-state index contributed by atoms with van der Waals surface area (Å²) in [7, 11) is 4.11. The van der Waals surface area contributed by atoms with Crippen molar-refractivity contribution in [2.45, 2.75) is 24.9 Å². The molecule has 88 valence electrons. The first-order valence-electron chi connectivity index (χ1n) is 5.38. The number of nitrogens with zero attached hydrogens (tertiary/aromatic N) is 2. The highest BCUT2D eigenvalue weighted by Crippen LogP contribution is 2.14. The molecular weight excluding hydrogens is 194 g/mol. The van der Waals surface area contributed by atoms with E-state index in [1.807, 2.05) is 0 Å².